The number of halogens is 2. The summed E-state index contributed by atoms with van der Waals surface area (Å²) in [5.41, 5.74) is 2.69. The van der Waals surface area contributed by atoms with Crippen LogP contribution in [-0.2, 0) is 14.4 Å². The highest BCUT2D eigenvalue weighted by molar-refractivity contribution is 6.36. The van der Waals surface area contributed by atoms with Crippen LogP contribution in [0.15, 0.2) is 72.9 Å². The van der Waals surface area contributed by atoms with Crippen molar-refractivity contribution in [1.29, 1.82) is 0 Å². The van der Waals surface area contributed by atoms with E-state index in [0.29, 0.717) is 27.2 Å². The molecule has 0 radical (unpaired) electrons. The fourth-order valence-corrected chi connectivity index (χ4v) is 6.19. The van der Waals surface area contributed by atoms with Crippen molar-refractivity contribution in [2.45, 2.75) is 12.1 Å². The number of fused-ring (bicyclic) bond motifs is 5. The minimum absolute atomic E-state index is 0.294. The summed E-state index contributed by atoms with van der Waals surface area (Å²) in [5.74, 6) is -2.22. The Balaban J connectivity index is 1.43. The molecule has 1 N–H and O–H groups in total. The van der Waals surface area contributed by atoms with Gasteiger partial charge in [-0.1, -0.05) is 47.5 Å². The third-order valence-electron chi connectivity index (χ3n) is 7.19. The fourth-order valence-electron chi connectivity index (χ4n) is 5.67. The zero-order chi connectivity index (χ0) is 25.8. The van der Waals surface area contributed by atoms with Gasteiger partial charge in [-0.15, -0.1) is 0 Å². The van der Waals surface area contributed by atoms with Crippen LogP contribution in [-0.4, -0.2) is 35.8 Å². The molecule has 0 saturated carbocycles. The molecule has 3 aromatic rings. The number of imide groups is 1. The van der Waals surface area contributed by atoms with E-state index in [1.165, 1.54) is 18.2 Å². The Hall–Kier alpha value is -3.81. The molecular formula is C28H21Cl2N3O4. The predicted octanol–water partition coefficient (Wildman–Crippen LogP) is 5.16. The molecule has 6 rings (SSSR count). The van der Waals surface area contributed by atoms with Gasteiger partial charge < -0.3 is 15.0 Å². The van der Waals surface area contributed by atoms with Crippen molar-refractivity contribution in [3.63, 3.8) is 0 Å². The van der Waals surface area contributed by atoms with Crippen LogP contribution >= 0.6 is 23.2 Å². The predicted molar refractivity (Wildman–Crippen MR) is 141 cm³/mol. The van der Waals surface area contributed by atoms with Crippen LogP contribution in [0.2, 0.25) is 10.0 Å². The molecule has 7 nitrogen and oxygen atoms in total. The SMILES string of the molecule is COc1ccc(NC(=O)[C@@H]2[C@@H]3C(=O)N(c4cc(Cl)cc(Cl)c4)C(=O)[C@H]3[C@@H]3c4ccccc4C=CN23)cc1. The number of methoxy groups -OCH3 is 1. The Morgan fingerprint density at radius 1 is 0.919 bits per heavy atom. The molecule has 0 unspecified atom stereocenters. The lowest BCUT2D eigenvalue weighted by Gasteiger charge is -2.35. The second-order valence-electron chi connectivity index (χ2n) is 9.19. The quantitative estimate of drug-likeness (QED) is 0.469. The van der Waals surface area contributed by atoms with E-state index in [-0.39, 0.29) is 11.8 Å². The molecule has 4 atom stereocenters. The highest BCUT2D eigenvalue weighted by Gasteiger charge is 2.64. The van der Waals surface area contributed by atoms with Crippen LogP contribution in [0.4, 0.5) is 11.4 Å². The van der Waals surface area contributed by atoms with Crippen molar-refractivity contribution in [2.24, 2.45) is 11.8 Å². The third kappa shape index (κ3) is 3.77. The lowest BCUT2D eigenvalue weighted by Crippen LogP contribution is -2.46. The van der Waals surface area contributed by atoms with Crippen molar-refractivity contribution < 1.29 is 19.1 Å². The number of anilines is 2. The Kier molecular flexibility index (Phi) is 5.70. The van der Waals surface area contributed by atoms with Gasteiger partial charge in [0, 0.05) is 21.9 Å². The monoisotopic (exact) mass is 533 g/mol. The molecular weight excluding hydrogens is 513 g/mol. The first-order valence-electron chi connectivity index (χ1n) is 11.7. The van der Waals surface area contributed by atoms with Crippen LogP contribution in [0, 0.1) is 11.8 Å². The van der Waals surface area contributed by atoms with Gasteiger partial charge in [0.05, 0.1) is 30.7 Å². The first kappa shape index (κ1) is 23.6. The molecule has 3 aliphatic heterocycles. The van der Waals surface area contributed by atoms with Gasteiger partial charge in [0.1, 0.15) is 11.8 Å². The van der Waals surface area contributed by atoms with Gasteiger partial charge in [-0.05, 0) is 59.7 Å². The molecule has 3 aromatic carbocycles. The summed E-state index contributed by atoms with van der Waals surface area (Å²) in [6, 6.07) is 17.9. The summed E-state index contributed by atoms with van der Waals surface area (Å²) in [7, 11) is 1.56. The second-order valence-corrected chi connectivity index (χ2v) is 10.1. The van der Waals surface area contributed by atoms with Crippen molar-refractivity contribution in [3.05, 3.63) is 94.1 Å². The minimum Gasteiger partial charge on any atom is -0.497 e. The van der Waals surface area contributed by atoms with Crippen LogP contribution in [0.25, 0.3) is 6.08 Å². The van der Waals surface area contributed by atoms with Gasteiger partial charge in [-0.25, -0.2) is 4.90 Å². The number of hydrogen-bond acceptors (Lipinski definition) is 5. The maximum Gasteiger partial charge on any atom is 0.247 e. The van der Waals surface area contributed by atoms with Gasteiger partial charge >= 0.3 is 0 Å². The third-order valence-corrected chi connectivity index (χ3v) is 7.63. The summed E-state index contributed by atoms with van der Waals surface area (Å²) in [6.45, 7) is 0. The number of nitrogens with zero attached hydrogens (tertiary/aromatic N) is 2. The molecule has 0 aliphatic carbocycles. The zero-order valence-electron chi connectivity index (χ0n) is 19.6. The summed E-state index contributed by atoms with van der Waals surface area (Å²) in [4.78, 5) is 44.5. The summed E-state index contributed by atoms with van der Waals surface area (Å²) in [5, 5.41) is 3.53. The van der Waals surface area contributed by atoms with E-state index in [9.17, 15) is 14.4 Å². The molecule has 0 aromatic heterocycles. The maximum absolute atomic E-state index is 13.9. The Morgan fingerprint density at radius 2 is 1.59 bits per heavy atom. The van der Waals surface area contributed by atoms with Crippen molar-refractivity contribution in [3.8, 4) is 5.75 Å². The molecule has 3 amide bonds. The summed E-state index contributed by atoms with van der Waals surface area (Å²) in [6.07, 6.45) is 3.72. The molecule has 9 heteroatoms. The number of nitrogens with one attached hydrogen (secondary N) is 1. The van der Waals surface area contributed by atoms with Gasteiger partial charge in [0.15, 0.2) is 0 Å². The maximum atomic E-state index is 13.9. The highest BCUT2D eigenvalue weighted by Crippen LogP contribution is 2.53. The fraction of sp³-hybridized carbons (Fsp3) is 0.179. The van der Waals surface area contributed by atoms with Crippen LogP contribution < -0.4 is 15.0 Å². The van der Waals surface area contributed by atoms with Crippen LogP contribution in [0.5, 0.6) is 5.75 Å². The smallest absolute Gasteiger partial charge is 0.247 e. The average Bonchev–Trinajstić information content (AvgIpc) is 3.36. The Labute approximate surface area is 223 Å². The zero-order valence-corrected chi connectivity index (χ0v) is 21.1. The van der Waals surface area contributed by atoms with E-state index in [1.54, 1.807) is 31.4 Å². The molecule has 0 bridgehead atoms. The molecule has 186 valence electrons. The average molecular weight is 534 g/mol. The molecule has 2 fully saturated rings. The second kappa shape index (κ2) is 8.94. The number of ether oxygens (including phenoxy) is 1. The van der Waals surface area contributed by atoms with E-state index < -0.39 is 29.8 Å². The van der Waals surface area contributed by atoms with E-state index >= 15 is 0 Å². The van der Waals surface area contributed by atoms with E-state index in [1.807, 2.05) is 41.4 Å². The van der Waals surface area contributed by atoms with Crippen LogP contribution in [0.1, 0.15) is 17.2 Å². The standard InChI is InChI=1S/C28H21Cl2N3O4/c1-37-20-8-6-18(7-9-20)31-26(34)25-23-22(24-21-5-3-2-4-15(21)10-11-32(24)25)27(35)33(28(23)36)19-13-16(29)12-17(30)14-19/h2-14,22-25H,1H3,(H,31,34)/t22-,23-,24+,25+/m1/s1. The number of rotatable bonds is 4. The lowest BCUT2D eigenvalue weighted by atomic mass is 9.84. The topological polar surface area (TPSA) is 79.0 Å². The van der Waals surface area contributed by atoms with Crippen molar-refractivity contribution >= 4 is 58.4 Å². The normalized spacial score (nSPS) is 23.5. The van der Waals surface area contributed by atoms with Crippen molar-refractivity contribution in [2.75, 3.05) is 17.3 Å². The Morgan fingerprint density at radius 3 is 2.30 bits per heavy atom. The number of carbonyl (C=O) groups is 3. The molecule has 2 saturated heterocycles. The van der Waals surface area contributed by atoms with Gasteiger partial charge in [0.2, 0.25) is 17.7 Å². The van der Waals surface area contributed by atoms with Crippen molar-refractivity contribution in [1.82, 2.24) is 4.90 Å². The number of carbonyl (C=O) groups excluding carboxylic acids is 3. The van der Waals surface area contributed by atoms with E-state index in [2.05, 4.69) is 5.32 Å². The first-order valence-corrected chi connectivity index (χ1v) is 12.5. The lowest BCUT2D eigenvalue weighted by molar-refractivity contribution is -0.128. The summed E-state index contributed by atoms with van der Waals surface area (Å²) >= 11 is 12.4. The van der Waals surface area contributed by atoms with E-state index in [4.69, 9.17) is 27.9 Å². The molecule has 3 heterocycles. The molecule has 0 spiro atoms. The molecule has 37 heavy (non-hydrogen) atoms. The first-order chi connectivity index (χ1) is 17.9. The number of benzene rings is 3. The van der Waals surface area contributed by atoms with E-state index in [0.717, 1.165) is 16.0 Å². The van der Waals surface area contributed by atoms with Gasteiger partial charge in [-0.3, -0.25) is 14.4 Å². The number of amides is 3. The van der Waals surface area contributed by atoms with Crippen LogP contribution in [0.3, 0.4) is 0 Å². The highest BCUT2D eigenvalue weighted by atomic mass is 35.5. The Bertz CT molecular complexity index is 1450. The minimum atomic E-state index is -0.905. The van der Waals surface area contributed by atoms with Gasteiger partial charge in [0.25, 0.3) is 0 Å². The summed E-state index contributed by atoms with van der Waals surface area (Å²) < 4.78 is 5.19. The largest absolute Gasteiger partial charge is 0.497 e. The van der Waals surface area contributed by atoms with Gasteiger partial charge in [-0.2, -0.15) is 0 Å². The molecule has 3 aliphatic rings. The number of hydrogen-bond donors (Lipinski definition) is 1.